The van der Waals surface area contributed by atoms with Crippen molar-refractivity contribution in [3.05, 3.63) is 65.9 Å². The summed E-state index contributed by atoms with van der Waals surface area (Å²) in [4.78, 5) is 17.9. The molecule has 0 aliphatic carbocycles. The Bertz CT molecular complexity index is 1060. The molecule has 27 heavy (non-hydrogen) atoms. The zero-order chi connectivity index (χ0) is 19.4. The first kappa shape index (κ1) is 19.0. The van der Waals surface area contributed by atoms with Gasteiger partial charge in [-0.15, -0.1) is 0 Å². The monoisotopic (exact) mass is 385 g/mol. The first-order valence-corrected chi connectivity index (χ1v) is 10.5. The molecule has 1 heterocycles. The summed E-state index contributed by atoms with van der Waals surface area (Å²) in [5.41, 5.74) is 2.72. The number of sulfonamides is 1. The van der Waals surface area contributed by atoms with E-state index in [2.05, 4.69) is 9.71 Å². The summed E-state index contributed by atoms with van der Waals surface area (Å²) in [7, 11) is -3.46. The number of para-hydroxylation sites is 1. The Hall–Kier alpha value is -2.80. The van der Waals surface area contributed by atoms with Gasteiger partial charge in [0.05, 0.1) is 17.0 Å². The van der Waals surface area contributed by atoms with Crippen molar-refractivity contribution in [1.29, 1.82) is 0 Å². The second kappa shape index (κ2) is 7.84. The minimum atomic E-state index is -3.46. The average molecular weight is 385 g/mol. The van der Waals surface area contributed by atoms with E-state index in [9.17, 15) is 13.2 Å². The van der Waals surface area contributed by atoms with Crippen LogP contribution >= 0.6 is 0 Å². The molecular weight excluding hydrogens is 362 g/mol. The standard InChI is InChI=1S/C20H23N3O3S/c1-3-23(14-15-9-10-18-16(13-15)11-12-21-18)20(24)17-7-5-6-8-19(17)22-27(25,26)4-2/h5-13,21-22H,3-4,14H2,1-2H3. The van der Waals surface area contributed by atoms with Gasteiger partial charge in [-0.1, -0.05) is 18.2 Å². The minimum Gasteiger partial charge on any atom is -0.361 e. The molecule has 2 N–H and O–H groups in total. The van der Waals surface area contributed by atoms with E-state index in [1.165, 1.54) is 0 Å². The van der Waals surface area contributed by atoms with Crippen LogP contribution < -0.4 is 4.72 Å². The number of hydrogen-bond acceptors (Lipinski definition) is 3. The molecule has 0 radical (unpaired) electrons. The van der Waals surface area contributed by atoms with Gasteiger partial charge in [0.2, 0.25) is 10.0 Å². The van der Waals surface area contributed by atoms with Gasteiger partial charge >= 0.3 is 0 Å². The van der Waals surface area contributed by atoms with Crippen molar-refractivity contribution >= 4 is 32.5 Å². The number of benzene rings is 2. The van der Waals surface area contributed by atoms with Crippen LogP contribution in [0.5, 0.6) is 0 Å². The third kappa shape index (κ3) is 4.31. The van der Waals surface area contributed by atoms with Crippen LogP contribution in [0.2, 0.25) is 0 Å². The van der Waals surface area contributed by atoms with Crippen LogP contribution in [0.25, 0.3) is 10.9 Å². The summed E-state index contributed by atoms with van der Waals surface area (Å²) in [6, 6.07) is 14.7. The maximum absolute atomic E-state index is 13.1. The molecular formula is C20H23N3O3S. The number of anilines is 1. The summed E-state index contributed by atoms with van der Waals surface area (Å²) in [6.45, 7) is 4.43. The Morgan fingerprint density at radius 3 is 2.63 bits per heavy atom. The number of aromatic nitrogens is 1. The first-order valence-electron chi connectivity index (χ1n) is 8.88. The van der Waals surface area contributed by atoms with E-state index in [4.69, 9.17) is 0 Å². The van der Waals surface area contributed by atoms with Gasteiger partial charge in [0.15, 0.2) is 0 Å². The summed E-state index contributed by atoms with van der Waals surface area (Å²) in [5, 5.41) is 1.09. The number of aromatic amines is 1. The van der Waals surface area contributed by atoms with Crippen LogP contribution in [0, 0.1) is 0 Å². The highest BCUT2D eigenvalue weighted by Crippen LogP contribution is 2.21. The number of carbonyl (C=O) groups excluding carboxylic acids is 1. The number of rotatable bonds is 7. The van der Waals surface area contributed by atoms with Crippen molar-refractivity contribution in [3.63, 3.8) is 0 Å². The fraction of sp³-hybridized carbons (Fsp3) is 0.250. The molecule has 6 nitrogen and oxygen atoms in total. The quantitative estimate of drug-likeness (QED) is 0.652. The minimum absolute atomic E-state index is 0.0519. The third-order valence-corrected chi connectivity index (χ3v) is 5.75. The lowest BCUT2D eigenvalue weighted by Gasteiger charge is -2.23. The molecule has 3 aromatic rings. The van der Waals surface area contributed by atoms with Crippen molar-refractivity contribution in [2.75, 3.05) is 17.0 Å². The molecule has 0 bridgehead atoms. The van der Waals surface area contributed by atoms with Crippen LogP contribution in [0.4, 0.5) is 5.69 Å². The maximum Gasteiger partial charge on any atom is 0.256 e. The zero-order valence-electron chi connectivity index (χ0n) is 15.4. The van der Waals surface area contributed by atoms with Crippen LogP contribution in [-0.4, -0.2) is 36.5 Å². The summed E-state index contributed by atoms with van der Waals surface area (Å²) in [6.07, 6.45) is 1.88. The molecule has 0 fully saturated rings. The second-order valence-electron chi connectivity index (χ2n) is 6.27. The molecule has 1 amide bonds. The van der Waals surface area contributed by atoms with Gasteiger partial charge in [0.1, 0.15) is 0 Å². The molecule has 0 saturated heterocycles. The highest BCUT2D eigenvalue weighted by molar-refractivity contribution is 7.92. The highest BCUT2D eigenvalue weighted by Gasteiger charge is 2.20. The Morgan fingerprint density at radius 2 is 1.89 bits per heavy atom. The number of nitrogens with one attached hydrogen (secondary N) is 2. The van der Waals surface area contributed by atoms with Gasteiger partial charge in [-0.3, -0.25) is 9.52 Å². The van der Waals surface area contributed by atoms with Gasteiger partial charge in [0.25, 0.3) is 5.91 Å². The lowest BCUT2D eigenvalue weighted by Crippen LogP contribution is -2.31. The first-order chi connectivity index (χ1) is 12.9. The van der Waals surface area contributed by atoms with Gasteiger partial charge in [-0.2, -0.15) is 0 Å². The van der Waals surface area contributed by atoms with Crippen molar-refractivity contribution in [1.82, 2.24) is 9.88 Å². The summed E-state index contributed by atoms with van der Waals surface area (Å²) in [5.74, 6) is -0.259. The Balaban J connectivity index is 1.86. The molecule has 142 valence electrons. The number of nitrogens with zero attached hydrogens (tertiary/aromatic N) is 1. The SMILES string of the molecule is CCN(Cc1ccc2[nH]ccc2c1)C(=O)c1ccccc1NS(=O)(=O)CC. The largest absolute Gasteiger partial charge is 0.361 e. The van der Waals surface area contributed by atoms with E-state index in [0.29, 0.717) is 24.3 Å². The summed E-state index contributed by atoms with van der Waals surface area (Å²) < 4.78 is 26.4. The number of H-pyrrole nitrogens is 1. The van der Waals surface area contributed by atoms with Crippen LogP contribution in [0.1, 0.15) is 29.8 Å². The molecule has 3 rings (SSSR count). The van der Waals surface area contributed by atoms with Gasteiger partial charge in [0, 0.05) is 24.8 Å². The molecule has 0 unspecified atom stereocenters. The van der Waals surface area contributed by atoms with E-state index in [1.807, 2.05) is 37.4 Å². The van der Waals surface area contributed by atoms with E-state index in [0.717, 1.165) is 16.5 Å². The molecule has 0 spiro atoms. The lowest BCUT2D eigenvalue weighted by molar-refractivity contribution is 0.0753. The number of hydrogen-bond donors (Lipinski definition) is 2. The van der Waals surface area contributed by atoms with Crippen molar-refractivity contribution in [2.45, 2.75) is 20.4 Å². The Morgan fingerprint density at radius 1 is 1.11 bits per heavy atom. The molecule has 0 saturated carbocycles. The van der Waals surface area contributed by atoms with E-state index in [1.54, 1.807) is 36.1 Å². The molecule has 0 aliphatic rings. The Labute approximate surface area is 159 Å². The fourth-order valence-corrected chi connectivity index (χ4v) is 3.57. The number of carbonyl (C=O) groups is 1. The molecule has 7 heteroatoms. The Kier molecular flexibility index (Phi) is 5.51. The van der Waals surface area contributed by atoms with Gasteiger partial charge in [-0.25, -0.2) is 8.42 Å². The van der Waals surface area contributed by atoms with Crippen molar-refractivity contribution < 1.29 is 13.2 Å². The molecule has 2 aromatic carbocycles. The van der Waals surface area contributed by atoms with E-state index >= 15 is 0 Å². The lowest BCUT2D eigenvalue weighted by atomic mass is 10.1. The number of amides is 1. The molecule has 0 aliphatic heterocycles. The normalized spacial score (nSPS) is 11.5. The molecule has 1 aromatic heterocycles. The van der Waals surface area contributed by atoms with E-state index < -0.39 is 10.0 Å². The van der Waals surface area contributed by atoms with Crippen LogP contribution in [0.15, 0.2) is 54.7 Å². The van der Waals surface area contributed by atoms with E-state index in [-0.39, 0.29) is 11.7 Å². The topological polar surface area (TPSA) is 82.3 Å². The van der Waals surface area contributed by atoms with Crippen molar-refractivity contribution in [2.24, 2.45) is 0 Å². The smallest absolute Gasteiger partial charge is 0.256 e. The van der Waals surface area contributed by atoms with Gasteiger partial charge < -0.3 is 9.88 Å². The zero-order valence-corrected chi connectivity index (χ0v) is 16.2. The average Bonchev–Trinajstić information content (AvgIpc) is 3.13. The molecule has 0 atom stereocenters. The second-order valence-corrected chi connectivity index (χ2v) is 8.28. The number of fused-ring (bicyclic) bond motifs is 1. The van der Waals surface area contributed by atoms with Crippen LogP contribution in [0.3, 0.4) is 0 Å². The van der Waals surface area contributed by atoms with Gasteiger partial charge in [-0.05, 0) is 55.1 Å². The predicted molar refractivity (Wildman–Crippen MR) is 108 cm³/mol. The van der Waals surface area contributed by atoms with Crippen LogP contribution in [-0.2, 0) is 16.6 Å². The summed E-state index contributed by atoms with van der Waals surface area (Å²) >= 11 is 0. The fourth-order valence-electron chi connectivity index (χ4n) is 2.92. The third-order valence-electron chi connectivity index (χ3n) is 4.46. The maximum atomic E-state index is 13.1. The predicted octanol–water partition coefficient (Wildman–Crippen LogP) is 3.59. The highest BCUT2D eigenvalue weighted by atomic mass is 32.2. The van der Waals surface area contributed by atoms with Crippen molar-refractivity contribution in [3.8, 4) is 0 Å².